The average Bonchev–Trinajstić information content (AvgIpc) is 2.41. The van der Waals surface area contributed by atoms with Crippen LogP contribution >= 0.6 is 0 Å². The lowest BCUT2D eigenvalue weighted by atomic mass is 10.1. The summed E-state index contributed by atoms with van der Waals surface area (Å²) in [6, 6.07) is 5.96. The van der Waals surface area contributed by atoms with E-state index in [1.54, 1.807) is 7.11 Å². The molecule has 0 spiro atoms. The highest BCUT2D eigenvalue weighted by Crippen LogP contribution is 2.33. The third kappa shape index (κ3) is 2.70. The maximum Gasteiger partial charge on any atom is 0.144 e. The highest BCUT2D eigenvalue weighted by Gasteiger charge is 2.21. The minimum atomic E-state index is 0.300. The molecule has 1 aromatic carbocycles. The van der Waals surface area contributed by atoms with Crippen LogP contribution in [0.2, 0.25) is 0 Å². The Labute approximate surface area is 109 Å². The van der Waals surface area contributed by atoms with Gasteiger partial charge in [0.15, 0.2) is 0 Å². The summed E-state index contributed by atoms with van der Waals surface area (Å²) in [7, 11) is 1.77. The molecule has 1 unspecified atom stereocenters. The van der Waals surface area contributed by atoms with Crippen molar-refractivity contribution >= 4 is 11.4 Å². The number of nitrogen functional groups attached to an aromatic ring is 1. The second-order valence-electron chi connectivity index (χ2n) is 4.57. The summed E-state index contributed by atoms with van der Waals surface area (Å²) in [5.74, 6) is 0.773. The van der Waals surface area contributed by atoms with Crippen molar-refractivity contribution in [1.29, 1.82) is 0 Å². The number of benzene rings is 1. The Morgan fingerprint density at radius 1 is 1.44 bits per heavy atom. The molecule has 18 heavy (non-hydrogen) atoms. The maximum atomic E-state index is 6.18. The molecule has 0 aromatic heterocycles. The standard InChI is InChI=1S/C14H22N2O2/c1-3-18-13-8-4-7-12(14(13)15)16-9-5-6-11(10-16)17-2/h4,7-8,11H,3,5-6,9-10,15H2,1-2H3. The van der Waals surface area contributed by atoms with Crippen molar-refractivity contribution in [2.24, 2.45) is 0 Å². The van der Waals surface area contributed by atoms with Gasteiger partial charge in [-0.15, -0.1) is 0 Å². The van der Waals surface area contributed by atoms with Gasteiger partial charge in [-0.3, -0.25) is 0 Å². The van der Waals surface area contributed by atoms with Gasteiger partial charge in [0.1, 0.15) is 5.75 Å². The molecule has 1 aromatic rings. The molecule has 0 aliphatic carbocycles. The van der Waals surface area contributed by atoms with E-state index >= 15 is 0 Å². The Morgan fingerprint density at radius 3 is 3.00 bits per heavy atom. The lowest BCUT2D eigenvalue weighted by molar-refractivity contribution is 0.0893. The summed E-state index contributed by atoms with van der Waals surface area (Å²) in [5, 5.41) is 0. The van der Waals surface area contributed by atoms with E-state index in [2.05, 4.69) is 11.0 Å². The summed E-state index contributed by atoms with van der Waals surface area (Å²) in [6.07, 6.45) is 2.56. The highest BCUT2D eigenvalue weighted by atomic mass is 16.5. The number of nitrogens with two attached hydrogens (primary N) is 1. The molecule has 1 aliphatic heterocycles. The molecule has 0 radical (unpaired) electrons. The van der Waals surface area contributed by atoms with Crippen molar-refractivity contribution in [3.8, 4) is 5.75 Å². The van der Waals surface area contributed by atoms with Crippen molar-refractivity contribution < 1.29 is 9.47 Å². The van der Waals surface area contributed by atoms with E-state index in [0.717, 1.165) is 43.1 Å². The van der Waals surface area contributed by atoms with Crippen molar-refractivity contribution in [3.63, 3.8) is 0 Å². The Balaban J connectivity index is 2.19. The van der Waals surface area contributed by atoms with Crippen molar-refractivity contribution in [2.45, 2.75) is 25.9 Å². The largest absolute Gasteiger partial charge is 0.492 e. The average molecular weight is 250 g/mol. The summed E-state index contributed by atoms with van der Waals surface area (Å²) in [6.45, 7) is 4.53. The van der Waals surface area contributed by atoms with Gasteiger partial charge in [-0.25, -0.2) is 0 Å². The third-order valence-corrected chi connectivity index (χ3v) is 3.40. The number of methoxy groups -OCH3 is 1. The third-order valence-electron chi connectivity index (χ3n) is 3.40. The topological polar surface area (TPSA) is 47.7 Å². The van der Waals surface area contributed by atoms with E-state index in [9.17, 15) is 0 Å². The SMILES string of the molecule is CCOc1cccc(N2CCCC(OC)C2)c1N. The fourth-order valence-electron chi connectivity index (χ4n) is 2.44. The van der Waals surface area contributed by atoms with Crippen LogP contribution in [0.3, 0.4) is 0 Å². The fraction of sp³-hybridized carbons (Fsp3) is 0.571. The Kier molecular flexibility index (Phi) is 4.31. The summed E-state index contributed by atoms with van der Waals surface area (Å²) in [4.78, 5) is 2.29. The van der Waals surface area contributed by atoms with Gasteiger partial charge in [-0.05, 0) is 31.9 Å². The van der Waals surface area contributed by atoms with E-state index in [-0.39, 0.29) is 0 Å². The molecule has 4 nitrogen and oxygen atoms in total. The zero-order valence-corrected chi connectivity index (χ0v) is 11.2. The molecular weight excluding hydrogens is 228 g/mol. The highest BCUT2D eigenvalue weighted by molar-refractivity contribution is 5.74. The first kappa shape index (κ1) is 13.0. The van der Waals surface area contributed by atoms with Crippen LogP contribution < -0.4 is 15.4 Å². The van der Waals surface area contributed by atoms with Gasteiger partial charge in [-0.1, -0.05) is 6.07 Å². The summed E-state index contributed by atoms with van der Waals surface area (Å²) >= 11 is 0. The van der Waals surface area contributed by atoms with E-state index in [0.29, 0.717) is 12.7 Å². The molecule has 0 saturated carbocycles. The first-order valence-corrected chi connectivity index (χ1v) is 6.55. The number of anilines is 2. The molecular formula is C14H22N2O2. The fourth-order valence-corrected chi connectivity index (χ4v) is 2.44. The normalized spacial score (nSPS) is 19.9. The van der Waals surface area contributed by atoms with Gasteiger partial charge in [-0.2, -0.15) is 0 Å². The van der Waals surface area contributed by atoms with Gasteiger partial charge < -0.3 is 20.1 Å². The number of hydrogen-bond acceptors (Lipinski definition) is 4. The molecule has 4 heteroatoms. The van der Waals surface area contributed by atoms with Crippen LogP contribution in [0.4, 0.5) is 11.4 Å². The van der Waals surface area contributed by atoms with Crippen LogP contribution in [0.1, 0.15) is 19.8 Å². The smallest absolute Gasteiger partial charge is 0.144 e. The molecule has 0 bridgehead atoms. The zero-order valence-electron chi connectivity index (χ0n) is 11.2. The van der Waals surface area contributed by atoms with E-state index in [1.165, 1.54) is 0 Å². The van der Waals surface area contributed by atoms with Gasteiger partial charge in [0.05, 0.1) is 24.1 Å². The van der Waals surface area contributed by atoms with Gasteiger partial charge >= 0.3 is 0 Å². The lowest BCUT2D eigenvalue weighted by Crippen LogP contribution is -2.39. The second kappa shape index (κ2) is 5.96. The molecule has 100 valence electrons. The van der Waals surface area contributed by atoms with Crippen LogP contribution in [0, 0.1) is 0 Å². The quantitative estimate of drug-likeness (QED) is 0.833. The molecule has 2 rings (SSSR count). The minimum absolute atomic E-state index is 0.300. The first-order valence-electron chi connectivity index (χ1n) is 6.55. The molecule has 1 aliphatic rings. The van der Waals surface area contributed by atoms with Crippen molar-refractivity contribution in [2.75, 3.05) is 37.4 Å². The number of rotatable bonds is 4. The zero-order chi connectivity index (χ0) is 13.0. The molecule has 1 heterocycles. The lowest BCUT2D eigenvalue weighted by Gasteiger charge is -2.34. The molecule has 1 atom stereocenters. The number of hydrogen-bond donors (Lipinski definition) is 1. The summed E-state index contributed by atoms with van der Waals surface area (Å²) in [5.41, 5.74) is 7.97. The maximum absolute atomic E-state index is 6.18. The van der Waals surface area contributed by atoms with E-state index in [4.69, 9.17) is 15.2 Å². The predicted octanol–water partition coefficient (Wildman–Crippen LogP) is 2.28. The Bertz CT molecular complexity index is 395. The number of piperidine rings is 1. The number of nitrogens with zero attached hydrogens (tertiary/aromatic N) is 1. The van der Waals surface area contributed by atoms with E-state index in [1.807, 2.05) is 19.1 Å². The molecule has 2 N–H and O–H groups in total. The van der Waals surface area contributed by atoms with Crippen molar-refractivity contribution in [3.05, 3.63) is 18.2 Å². The van der Waals surface area contributed by atoms with E-state index < -0.39 is 0 Å². The molecule has 0 amide bonds. The number of ether oxygens (including phenoxy) is 2. The van der Waals surface area contributed by atoms with Crippen LogP contribution in [0.5, 0.6) is 5.75 Å². The van der Waals surface area contributed by atoms with Crippen LogP contribution in [-0.2, 0) is 4.74 Å². The molecule has 1 saturated heterocycles. The molecule has 1 fully saturated rings. The Morgan fingerprint density at radius 2 is 2.28 bits per heavy atom. The van der Waals surface area contributed by atoms with Crippen LogP contribution in [0.15, 0.2) is 18.2 Å². The summed E-state index contributed by atoms with van der Waals surface area (Å²) < 4.78 is 11.0. The number of para-hydroxylation sites is 1. The van der Waals surface area contributed by atoms with Crippen LogP contribution in [-0.4, -0.2) is 32.9 Å². The minimum Gasteiger partial charge on any atom is -0.492 e. The second-order valence-corrected chi connectivity index (χ2v) is 4.57. The van der Waals surface area contributed by atoms with Gasteiger partial charge in [0.2, 0.25) is 0 Å². The Hall–Kier alpha value is -1.42. The van der Waals surface area contributed by atoms with Crippen LogP contribution in [0.25, 0.3) is 0 Å². The monoisotopic (exact) mass is 250 g/mol. The van der Waals surface area contributed by atoms with Gasteiger partial charge in [0, 0.05) is 20.2 Å². The van der Waals surface area contributed by atoms with Gasteiger partial charge in [0.25, 0.3) is 0 Å². The van der Waals surface area contributed by atoms with Crippen molar-refractivity contribution in [1.82, 2.24) is 0 Å². The first-order chi connectivity index (χ1) is 8.76. The predicted molar refractivity (Wildman–Crippen MR) is 74.3 cm³/mol.